The van der Waals surface area contributed by atoms with Crippen LogP contribution in [0.3, 0.4) is 0 Å². The molecule has 1 aromatic heterocycles. The van der Waals surface area contributed by atoms with E-state index in [0.29, 0.717) is 0 Å². The lowest BCUT2D eigenvalue weighted by Crippen LogP contribution is -2.16. The van der Waals surface area contributed by atoms with Crippen LogP contribution in [0.15, 0.2) is 35.2 Å². The zero-order valence-corrected chi connectivity index (χ0v) is 20.1. The molecule has 0 saturated heterocycles. The monoisotopic (exact) mass is 405 g/mol. The fraction of sp³-hybridized carbons (Fsp3) is 0.304. The Morgan fingerprint density at radius 1 is 0.778 bits per heavy atom. The second-order valence-electron chi connectivity index (χ2n) is 8.99. The predicted molar refractivity (Wildman–Crippen MR) is 128 cm³/mol. The van der Waals surface area contributed by atoms with E-state index in [1.54, 1.807) is 11.8 Å². The summed E-state index contributed by atoms with van der Waals surface area (Å²) in [6.07, 6.45) is 2.13. The van der Waals surface area contributed by atoms with Crippen molar-refractivity contribution in [2.24, 2.45) is 0 Å². The van der Waals surface area contributed by atoms with Gasteiger partial charge in [-0.1, -0.05) is 51.1 Å². The smallest absolute Gasteiger partial charge is 0.129 e. The lowest BCUT2D eigenvalue weighted by molar-refractivity contribution is 1.43. The molecule has 0 spiro atoms. The molecular weight excluding hydrogens is 378 g/mol. The number of aromatic amines is 1. The number of H-pyrrole nitrogens is 1. The van der Waals surface area contributed by atoms with Crippen LogP contribution < -0.4 is 0 Å². The van der Waals surface area contributed by atoms with Crippen LogP contribution in [0.25, 0.3) is 21.8 Å². The highest BCUT2D eigenvalue weighted by molar-refractivity contribution is 7.98. The molecule has 4 heteroatoms. The highest BCUT2D eigenvalue weighted by Crippen LogP contribution is 2.33. The molecule has 3 rings (SSSR count). The molecule has 1 N–H and O–H groups in total. The molecule has 0 atom stereocenters. The molecule has 0 aliphatic carbocycles. The first-order valence-electron chi connectivity index (χ1n) is 9.26. The van der Waals surface area contributed by atoms with Crippen LogP contribution in [0.4, 0.5) is 0 Å². The highest BCUT2D eigenvalue weighted by Gasteiger charge is 2.12. The van der Waals surface area contributed by atoms with Gasteiger partial charge < -0.3 is 4.98 Å². The first-order valence-corrected chi connectivity index (χ1v) is 17.5. The molecule has 0 bridgehead atoms. The third-order valence-corrected chi connectivity index (χ3v) is 6.57. The van der Waals surface area contributed by atoms with Gasteiger partial charge in [0.2, 0.25) is 0 Å². The minimum absolute atomic E-state index is 1.09. The molecule has 1 nitrogen and oxygen atoms in total. The van der Waals surface area contributed by atoms with E-state index < -0.39 is 16.1 Å². The Labute approximate surface area is 169 Å². The normalized spacial score (nSPS) is 11.8. The lowest BCUT2D eigenvalue weighted by atomic mass is 10.1. The minimum Gasteiger partial charge on any atom is -0.354 e. The van der Waals surface area contributed by atoms with Gasteiger partial charge >= 0.3 is 0 Å². The summed E-state index contributed by atoms with van der Waals surface area (Å²) in [5.41, 5.74) is 11.5. The first kappa shape index (κ1) is 19.9. The van der Waals surface area contributed by atoms with Crippen LogP contribution >= 0.6 is 11.8 Å². The molecule has 0 radical (unpaired) electrons. The van der Waals surface area contributed by atoms with Crippen molar-refractivity contribution in [1.29, 1.82) is 0 Å². The quantitative estimate of drug-likeness (QED) is 0.277. The first-order chi connectivity index (χ1) is 12.6. The summed E-state index contributed by atoms with van der Waals surface area (Å²) >= 11 is 1.77. The second-order valence-corrected chi connectivity index (χ2v) is 19.3. The third-order valence-electron chi connectivity index (χ3n) is 4.06. The second kappa shape index (κ2) is 7.28. The van der Waals surface area contributed by atoms with Crippen molar-refractivity contribution in [3.63, 3.8) is 0 Å². The van der Waals surface area contributed by atoms with E-state index in [2.05, 4.69) is 104 Å². The largest absolute Gasteiger partial charge is 0.354 e. The third kappa shape index (κ3) is 4.90. The molecule has 3 aromatic rings. The van der Waals surface area contributed by atoms with Gasteiger partial charge in [0.05, 0.1) is 5.52 Å². The maximum atomic E-state index is 3.60. The Hall–Kier alpha value is -1.86. The van der Waals surface area contributed by atoms with Gasteiger partial charge in [0.25, 0.3) is 0 Å². The molecular formula is C23H27NSSi2. The standard InChI is InChI=1S/C23H27NSSi2/c1-25-22-16-18(11-13-27(5,6)7)15-20-19-14-17(10-12-26(2,3)4)8-9-21(19)24-23(20)22/h8-9,14-16,24H,1-7H3. The molecule has 138 valence electrons. The molecule has 0 aliphatic heterocycles. The number of thioether (sulfide) groups is 1. The van der Waals surface area contributed by atoms with Crippen molar-refractivity contribution in [2.45, 2.75) is 44.2 Å². The molecule has 0 amide bonds. The van der Waals surface area contributed by atoms with E-state index >= 15 is 0 Å². The van der Waals surface area contributed by atoms with Crippen molar-refractivity contribution in [1.82, 2.24) is 4.98 Å². The summed E-state index contributed by atoms with van der Waals surface area (Å²) in [5, 5.41) is 2.48. The summed E-state index contributed by atoms with van der Waals surface area (Å²) in [5.74, 6) is 6.82. The number of hydrogen-bond donors (Lipinski definition) is 1. The van der Waals surface area contributed by atoms with Gasteiger partial charge in [0.1, 0.15) is 16.1 Å². The number of fused-ring (bicyclic) bond motifs is 3. The van der Waals surface area contributed by atoms with Gasteiger partial charge in [-0.2, -0.15) is 0 Å². The van der Waals surface area contributed by atoms with Crippen molar-refractivity contribution < 1.29 is 0 Å². The summed E-state index contributed by atoms with van der Waals surface area (Å²) < 4.78 is 0. The Bertz CT molecular complexity index is 1140. The van der Waals surface area contributed by atoms with E-state index in [9.17, 15) is 0 Å². The average Bonchev–Trinajstić information content (AvgIpc) is 2.94. The van der Waals surface area contributed by atoms with Crippen LogP contribution in [-0.4, -0.2) is 27.4 Å². The van der Waals surface area contributed by atoms with Crippen LogP contribution in [0.2, 0.25) is 39.3 Å². The average molecular weight is 406 g/mol. The Morgan fingerprint density at radius 2 is 1.37 bits per heavy atom. The van der Waals surface area contributed by atoms with Crippen LogP contribution in [0, 0.1) is 22.9 Å². The zero-order chi connectivity index (χ0) is 19.8. The van der Waals surface area contributed by atoms with E-state index in [0.717, 1.165) is 16.6 Å². The Morgan fingerprint density at radius 3 is 1.96 bits per heavy atom. The van der Waals surface area contributed by atoms with E-state index in [1.165, 1.54) is 21.2 Å². The fourth-order valence-corrected chi connectivity index (χ4v) is 4.45. The van der Waals surface area contributed by atoms with Gasteiger partial charge in [-0.15, -0.1) is 22.8 Å². The van der Waals surface area contributed by atoms with Crippen molar-refractivity contribution in [2.75, 3.05) is 6.26 Å². The number of benzene rings is 2. The maximum absolute atomic E-state index is 3.60. The topological polar surface area (TPSA) is 15.8 Å². The Balaban J connectivity index is 2.22. The summed E-state index contributed by atoms with van der Waals surface area (Å²) in [4.78, 5) is 4.85. The summed E-state index contributed by atoms with van der Waals surface area (Å²) in [6, 6.07) is 10.9. The van der Waals surface area contributed by atoms with E-state index in [4.69, 9.17) is 0 Å². The van der Waals surface area contributed by atoms with Crippen molar-refractivity contribution in [3.05, 3.63) is 41.5 Å². The number of nitrogens with one attached hydrogen (secondary N) is 1. The number of hydrogen-bond acceptors (Lipinski definition) is 1. The highest BCUT2D eigenvalue weighted by atomic mass is 32.2. The van der Waals surface area contributed by atoms with E-state index in [-0.39, 0.29) is 0 Å². The molecule has 27 heavy (non-hydrogen) atoms. The molecule has 1 heterocycles. The molecule has 0 fully saturated rings. The summed E-state index contributed by atoms with van der Waals surface area (Å²) in [7, 11) is -2.78. The van der Waals surface area contributed by atoms with Gasteiger partial charge in [-0.3, -0.25) is 0 Å². The van der Waals surface area contributed by atoms with Crippen molar-refractivity contribution in [3.8, 4) is 22.9 Å². The summed E-state index contributed by atoms with van der Waals surface area (Å²) in [6.45, 7) is 13.7. The predicted octanol–water partition coefficient (Wildman–Crippen LogP) is 6.50. The lowest BCUT2D eigenvalue weighted by Gasteiger charge is -2.05. The van der Waals surface area contributed by atoms with Crippen LogP contribution in [0.5, 0.6) is 0 Å². The van der Waals surface area contributed by atoms with Crippen LogP contribution in [-0.2, 0) is 0 Å². The SMILES string of the molecule is CSc1cc(C#C[Si](C)(C)C)cc2c1[nH]c1ccc(C#C[Si](C)(C)C)cc12. The van der Waals surface area contributed by atoms with Crippen LogP contribution in [0.1, 0.15) is 11.1 Å². The van der Waals surface area contributed by atoms with E-state index in [1.807, 2.05) is 0 Å². The maximum Gasteiger partial charge on any atom is 0.129 e. The van der Waals surface area contributed by atoms with Gasteiger partial charge in [-0.25, -0.2) is 0 Å². The molecule has 0 unspecified atom stereocenters. The minimum atomic E-state index is -1.40. The fourth-order valence-electron chi connectivity index (χ4n) is 2.80. The van der Waals surface area contributed by atoms with Gasteiger partial charge in [0, 0.05) is 32.3 Å². The number of aromatic nitrogens is 1. The Kier molecular flexibility index (Phi) is 5.36. The molecule has 0 aliphatic rings. The van der Waals surface area contributed by atoms with Crippen molar-refractivity contribution >= 4 is 49.7 Å². The van der Waals surface area contributed by atoms with Gasteiger partial charge in [-0.05, 0) is 36.6 Å². The zero-order valence-electron chi connectivity index (χ0n) is 17.3. The number of rotatable bonds is 1. The van der Waals surface area contributed by atoms with Gasteiger partial charge in [0.15, 0.2) is 0 Å². The molecule has 2 aromatic carbocycles. The molecule has 0 saturated carbocycles.